The number of hydrogen-bond donors (Lipinski definition) is 1. The van der Waals surface area contributed by atoms with Gasteiger partial charge < -0.3 is 4.74 Å². The van der Waals surface area contributed by atoms with Crippen LogP contribution in [0.2, 0.25) is 0 Å². The van der Waals surface area contributed by atoms with Crippen molar-refractivity contribution in [3.05, 3.63) is 0 Å². The van der Waals surface area contributed by atoms with Gasteiger partial charge in [-0.15, -0.1) is 0 Å². The Kier molecular flexibility index (Phi) is 2.14. The maximum atomic E-state index is 5.36. The van der Waals surface area contributed by atoms with Gasteiger partial charge in [-0.05, 0) is 6.92 Å². The van der Waals surface area contributed by atoms with E-state index < -0.39 is 0 Å². The molecule has 3 heteroatoms. The number of rotatable bonds is 2. The summed E-state index contributed by atoms with van der Waals surface area (Å²) < 4.78 is 7.40. The number of hydrazone groups is 1. The molecule has 0 radical (unpaired) electrons. The number of nitrogens with one attached hydrogen (secondary N) is 1. The first-order valence-electron chi connectivity index (χ1n) is 3.78. The smallest absolute Gasteiger partial charge is 0.363 e. The Balaban J connectivity index is 2.49. The predicted molar refractivity (Wildman–Crippen MR) is 39.8 cm³/mol. The maximum absolute atomic E-state index is 5.36. The number of hydrogen-bond acceptors (Lipinski definition) is 2. The minimum Gasteiger partial charge on any atom is -0.418 e. The molecule has 0 amide bonds. The molecule has 0 aromatic rings. The molecule has 1 aliphatic heterocycles. The highest BCUT2D eigenvalue weighted by atomic mass is 16.5. The quantitative estimate of drug-likeness (QED) is 0.576. The highest BCUT2D eigenvalue weighted by Gasteiger charge is 2.24. The van der Waals surface area contributed by atoms with Crippen LogP contribution in [0.15, 0.2) is 0 Å². The molecule has 0 aromatic carbocycles. The van der Waals surface area contributed by atoms with E-state index in [1.165, 1.54) is 0 Å². The summed E-state index contributed by atoms with van der Waals surface area (Å²) in [6.07, 6.45) is 1.28. The minimum atomic E-state index is 0.145. The maximum Gasteiger partial charge on any atom is 0.363 e. The third kappa shape index (κ3) is 1.40. The van der Waals surface area contributed by atoms with Crippen LogP contribution in [0.3, 0.4) is 0 Å². The van der Waals surface area contributed by atoms with Crippen molar-refractivity contribution in [1.82, 2.24) is 5.43 Å². The van der Waals surface area contributed by atoms with Crippen LogP contribution in [0.5, 0.6) is 0 Å². The second kappa shape index (κ2) is 2.90. The van der Waals surface area contributed by atoms with E-state index in [0.29, 0.717) is 0 Å². The fourth-order valence-corrected chi connectivity index (χ4v) is 1.10. The summed E-state index contributed by atoms with van der Waals surface area (Å²) in [5.41, 5.74) is 3.18. The van der Waals surface area contributed by atoms with Crippen LogP contribution in [0, 0.1) is 0 Å². The number of hydrazine groups is 1. The van der Waals surface area contributed by atoms with Crippen LogP contribution in [-0.4, -0.2) is 23.4 Å². The van der Waals surface area contributed by atoms with E-state index in [4.69, 9.17) is 4.74 Å². The summed E-state index contributed by atoms with van der Waals surface area (Å²) >= 11 is 0. The zero-order valence-electron chi connectivity index (χ0n) is 6.85. The lowest BCUT2D eigenvalue weighted by Gasteiger charge is -1.96. The second-order valence-corrected chi connectivity index (χ2v) is 2.56. The van der Waals surface area contributed by atoms with Crippen molar-refractivity contribution >= 4 is 5.90 Å². The Morgan fingerprint density at radius 2 is 2.40 bits per heavy atom. The van der Waals surface area contributed by atoms with Gasteiger partial charge in [0.25, 0.3) is 0 Å². The minimum absolute atomic E-state index is 0.145. The van der Waals surface area contributed by atoms with Crippen LogP contribution in [0.4, 0.5) is 0 Å². The molecule has 10 heavy (non-hydrogen) atoms. The van der Waals surface area contributed by atoms with Gasteiger partial charge in [-0.2, -0.15) is 5.43 Å². The molecule has 0 aromatic heterocycles. The molecule has 0 saturated heterocycles. The lowest BCUT2D eigenvalue weighted by atomic mass is 10.5. The standard InChI is InChI=1S/C7H15N2O/c1-4-5-9-7(3)10-6(2)8-9/h6,8H,4-5H2,1-3H3/q+1. The van der Waals surface area contributed by atoms with E-state index in [1.807, 2.05) is 18.5 Å². The summed E-state index contributed by atoms with van der Waals surface area (Å²) in [6, 6.07) is 0. The molecule has 0 spiro atoms. The van der Waals surface area contributed by atoms with Gasteiger partial charge in [0.1, 0.15) is 0 Å². The normalized spacial score (nSPS) is 24.5. The average molecular weight is 143 g/mol. The van der Waals surface area contributed by atoms with E-state index in [-0.39, 0.29) is 6.23 Å². The van der Waals surface area contributed by atoms with Gasteiger partial charge in [0, 0.05) is 6.42 Å². The van der Waals surface area contributed by atoms with Gasteiger partial charge in [0.05, 0.1) is 6.92 Å². The molecule has 0 saturated carbocycles. The topological polar surface area (TPSA) is 24.3 Å². The van der Waals surface area contributed by atoms with Gasteiger partial charge in [-0.3, -0.25) is 0 Å². The molecule has 1 atom stereocenters. The highest BCUT2D eigenvalue weighted by Crippen LogP contribution is 1.97. The molecule has 1 N–H and O–H groups in total. The van der Waals surface area contributed by atoms with Gasteiger partial charge >= 0.3 is 5.90 Å². The molecular formula is C7H15N2O+. The van der Waals surface area contributed by atoms with E-state index in [2.05, 4.69) is 12.3 Å². The van der Waals surface area contributed by atoms with Gasteiger partial charge in [-0.25, -0.2) is 0 Å². The Labute approximate surface area is 61.7 Å². The SMILES string of the molecule is CCC[N+]1=C(C)OC(C)N1. The lowest BCUT2D eigenvalue weighted by Crippen LogP contribution is -2.30. The largest absolute Gasteiger partial charge is 0.418 e. The van der Waals surface area contributed by atoms with Crippen LogP contribution in [-0.2, 0) is 4.74 Å². The molecule has 1 heterocycles. The number of nitrogens with zero attached hydrogens (tertiary/aromatic N) is 1. The van der Waals surface area contributed by atoms with Crippen molar-refractivity contribution in [3.8, 4) is 0 Å². The Hall–Kier alpha value is -0.730. The molecule has 0 bridgehead atoms. The molecule has 3 nitrogen and oxygen atoms in total. The predicted octanol–water partition coefficient (Wildman–Crippen LogP) is 0.708. The summed E-state index contributed by atoms with van der Waals surface area (Å²) in [6.45, 7) is 7.15. The zero-order valence-corrected chi connectivity index (χ0v) is 6.85. The Morgan fingerprint density at radius 1 is 1.70 bits per heavy atom. The monoisotopic (exact) mass is 143 g/mol. The first kappa shape index (κ1) is 7.38. The average Bonchev–Trinajstić information content (AvgIpc) is 2.13. The molecule has 1 unspecified atom stereocenters. The van der Waals surface area contributed by atoms with Crippen LogP contribution in [0.25, 0.3) is 0 Å². The van der Waals surface area contributed by atoms with Crippen molar-refractivity contribution in [2.75, 3.05) is 6.54 Å². The summed E-state index contributed by atoms with van der Waals surface area (Å²) in [7, 11) is 0. The number of ether oxygens (including phenoxy) is 1. The Morgan fingerprint density at radius 3 is 2.80 bits per heavy atom. The molecule has 0 aliphatic carbocycles. The molecule has 0 fully saturated rings. The van der Waals surface area contributed by atoms with Crippen LogP contribution >= 0.6 is 0 Å². The van der Waals surface area contributed by atoms with Crippen LogP contribution < -0.4 is 5.43 Å². The van der Waals surface area contributed by atoms with Crippen molar-refractivity contribution in [3.63, 3.8) is 0 Å². The molecule has 58 valence electrons. The molecule has 1 rings (SSSR count). The Bertz CT molecular complexity index is 154. The van der Waals surface area contributed by atoms with E-state index in [0.717, 1.165) is 18.9 Å². The van der Waals surface area contributed by atoms with E-state index in [9.17, 15) is 0 Å². The van der Waals surface area contributed by atoms with Gasteiger partial charge in [0.15, 0.2) is 6.54 Å². The summed E-state index contributed by atoms with van der Waals surface area (Å²) in [5, 5.41) is 0. The fourth-order valence-electron chi connectivity index (χ4n) is 1.10. The third-order valence-electron chi connectivity index (χ3n) is 1.51. The summed E-state index contributed by atoms with van der Waals surface area (Å²) in [4.78, 5) is 0. The van der Waals surface area contributed by atoms with E-state index >= 15 is 0 Å². The second-order valence-electron chi connectivity index (χ2n) is 2.56. The molecular weight excluding hydrogens is 128 g/mol. The molecule has 1 aliphatic rings. The highest BCUT2D eigenvalue weighted by molar-refractivity contribution is 5.68. The summed E-state index contributed by atoms with van der Waals surface area (Å²) in [5.74, 6) is 0.981. The fraction of sp³-hybridized carbons (Fsp3) is 0.857. The van der Waals surface area contributed by atoms with Crippen molar-refractivity contribution in [1.29, 1.82) is 0 Å². The van der Waals surface area contributed by atoms with Gasteiger partial charge in [0.2, 0.25) is 6.23 Å². The zero-order chi connectivity index (χ0) is 7.56. The first-order chi connectivity index (χ1) is 4.74. The third-order valence-corrected chi connectivity index (χ3v) is 1.51. The van der Waals surface area contributed by atoms with Crippen molar-refractivity contribution in [2.45, 2.75) is 33.4 Å². The van der Waals surface area contributed by atoms with Crippen LogP contribution in [0.1, 0.15) is 27.2 Å². The van der Waals surface area contributed by atoms with Gasteiger partial charge in [-0.1, -0.05) is 11.6 Å². The first-order valence-corrected chi connectivity index (χ1v) is 3.78. The van der Waals surface area contributed by atoms with Crippen molar-refractivity contribution < 1.29 is 9.42 Å². The van der Waals surface area contributed by atoms with E-state index in [1.54, 1.807) is 0 Å². The van der Waals surface area contributed by atoms with Crippen molar-refractivity contribution in [2.24, 2.45) is 0 Å². The lowest BCUT2D eigenvalue weighted by molar-refractivity contribution is -0.583.